The standard InChI is InChI=1S/C5H9N3OS/c1-3(6)5(9)4-2-10-8-7-4/h2-3,5,9H,6H2,1H3. The Hall–Kier alpha value is -0.520. The van der Waals surface area contributed by atoms with Crippen LogP contribution < -0.4 is 5.73 Å². The zero-order chi connectivity index (χ0) is 7.56. The molecule has 1 rings (SSSR count). The lowest BCUT2D eigenvalue weighted by Crippen LogP contribution is -2.24. The van der Waals surface area contributed by atoms with Gasteiger partial charge in [-0.15, -0.1) is 5.10 Å². The molecule has 0 saturated heterocycles. The molecule has 1 aromatic rings. The quantitative estimate of drug-likeness (QED) is 0.633. The van der Waals surface area contributed by atoms with Gasteiger partial charge in [-0.25, -0.2) is 0 Å². The molecule has 2 unspecified atom stereocenters. The van der Waals surface area contributed by atoms with Crippen LogP contribution in [0.4, 0.5) is 0 Å². The van der Waals surface area contributed by atoms with E-state index in [-0.39, 0.29) is 6.04 Å². The van der Waals surface area contributed by atoms with E-state index in [9.17, 15) is 5.11 Å². The highest BCUT2D eigenvalue weighted by molar-refractivity contribution is 7.03. The smallest absolute Gasteiger partial charge is 0.113 e. The molecule has 0 fully saturated rings. The summed E-state index contributed by atoms with van der Waals surface area (Å²) in [5.74, 6) is 0. The number of rotatable bonds is 2. The Balaban J connectivity index is 2.68. The van der Waals surface area contributed by atoms with Crippen molar-refractivity contribution in [3.63, 3.8) is 0 Å². The number of aliphatic hydroxyl groups excluding tert-OH is 1. The van der Waals surface area contributed by atoms with Crippen molar-refractivity contribution in [1.82, 2.24) is 9.59 Å². The van der Waals surface area contributed by atoms with Gasteiger partial charge in [-0.2, -0.15) is 0 Å². The van der Waals surface area contributed by atoms with Crippen LogP contribution in [0.1, 0.15) is 18.7 Å². The van der Waals surface area contributed by atoms with Crippen molar-refractivity contribution in [3.05, 3.63) is 11.1 Å². The average molecular weight is 159 g/mol. The highest BCUT2D eigenvalue weighted by atomic mass is 32.1. The second-order valence-corrected chi connectivity index (χ2v) is 2.74. The molecule has 2 atom stereocenters. The molecule has 0 saturated carbocycles. The molecule has 0 aliphatic rings. The molecule has 0 aromatic carbocycles. The number of aliphatic hydroxyl groups is 1. The van der Waals surface area contributed by atoms with Crippen LogP contribution in [0.25, 0.3) is 0 Å². The zero-order valence-electron chi connectivity index (χ0n) is 5.56. The van der Waals surface area contributed by atoms with Gasteiger partial charge in [0.2, 0.25) is 0 Å². The third kappa shape index (κ3) is 1.50. The molecule has 1 heterocycles. The topological polar surface area (TPSA) is 72.0 Å². The normalized spacial score (nSPS) is 16.7. The number of hydrogen-bond donors (Lipinski definition) is 2. The molecule has 0 amide bonds. The van der Waals surface area contributed by atoms with Crippen LogP contribution in [0, 0.1) is 0 Å². The van der Waals surface area contributed by atoms with E-state index >= 15 is 0 Å². The summed E-state index contributed by atoms with van der Waals surface area (Å²) >= 11 is 1.21. The second kappa shape index (κ2) is 3.05. The lowest BCUT2D eigenvalue weighted by Gasteiger charge is -2.09. The Morgan fingerprint density at radius 2 is 2.50 bits per heavy atom. The molecule has 10 heavy (non-hydrogen) atoms. The van der Waals surface area contributed by atoms with Gasteiger partial charge in [-0.1, -0.05) is 4.49 Å². The molecule has 0 aliphatic heterocycles. The van der Waals surface area contributed by atoms with Crippen molar-refractivity contribution in [2.45, 2.75) is 19.1 Å². The van der Waals surface area contributed by atoms with E-state index < -0.39 is 6.10 Å². The molecule has 4 nitrogen and oxygen atoms in total. The van der Waals surface area contributed by atoms with Gasteiger partial charge in [0.1, 0.15) is 11.8 Å². The van der Waals surface area contributed by atoms with Crippen LogP contribution in [0.2, 0.25) is 0 Å². The van der Waals surface area contributed by atoms with Gasteiger partial charge in [-0.3, -0.25) is 0 Å². The number of nitrogens with two attached hydrogens (primary N) is 1. The van der Waals surface area contributed by atoms with Gasteiger partial charge >= 0.3 is 0 Å². The largest absolute Gasteiger partial charge is 0.385 e. The third-order valence-corrected chi connectivity index (χ3v) is 1.70. The van der Waals surface area contributed by atoms with Crippen LogP contribution in [-0.4, -0.2) is 20.7 Å². The predicted molar refractivity (Wildman–Crippen MR) is 38.5 cm³/mol. The molecule has 3 N–H and O–H groups in total. The van der Waals surface area contributed by atoms with Crippen molar-refractivity contribution in [2.75, 3.05) is 0 Å². The fourth-order valence-electron chi connectivity index (χ4n) is 0.570. The molecule has 5 heteroatoms. The van der Waals surface area contributed by atoms with Crippen LogP contribution >= 0.6 is 11.5 Å². The zero-order valence-corrected chi connectivity index (χ0v) is 6.38. The fraction of sp³-hybridized carbons (Fsp3) is 0.600. The maximum atomic E-state index is 9.27. The average Bonchev–Trinajstić information content (AvgIpc) is 2.36. The Bertz CT molecular complexity index is 187. The minimum absolute atomic E-state index is 0.288. The van der Waals surface area contributed by atoms with Crippen molar-refractivity contribution in [1.29, 1.82) is 0 Å². The molecular formula is C5H9N3OS. The van der Waals surface area contributed by atoms with Crippen LogP contribution in [0.5, 0.6) is 0 Å². The predicted octanol–water partition coefficient (Wildman–Crippen LogP) is -0.0813. The van der Waals surface area contributed by atoms with Crippen molar-refractivity contribution in [3.8, 4) is 0 Å². The maximum Gasteiger partial charge on any atom is 0.113 e. The van der Waals surface area contributed by atoms with Crippen molar-refractivity contribution >= 4 is 11.5 Å². The lowest BCUT2D eigenvalue weighted by atomic mass is 10.1. The SMILES string of the molecule is CC(N)C(O)c1csnn1. The van der Waals surface area contributed by atoms with Gasteiger partial charge in [0.05, 0.1) is 0 Å². The lowest BCUT2D eigenvalue weighted by molar-refractivity contribution is 0.148. The number of hydrogen-bond acceptors (Lipinski definition) is 5. The van der Waals surface area contributed by atoms with E-state index in [2.05, 4.69) is 9.59 Å². The summed E-state index contributed by atoms with van der Waals surface area (Å²) < 4.78 is 3.60. The summed E-state index contributed by atoms with van der Waals surface area (Å²) in [6.45, 7) is 1.73. The van der Waals surface area contributed by atoms with E-state index in [1.54, 1.807) is 12.3 Å². The summed E-state index contributed by atoms with van der Waals surface area (Å²) in [4.78, 5) is 0. The Kier molecular flexibility index (Phi) is 2.31. The molecular weight excluding hydrogens is 150 g/mol. The van der Waals surface area contributed by atoms with Crippen LogP contribution in [0.15, 0.2) is 5.38 Å². The minimum Gasteiger partial charge on any atom is -0.385 e. The Labute approximate surface area is 62.8 Å². The third-order valence-electron chi connectivity index (χ3n) is 1.18. The Morgan fingerprint density at radius 1 is 1.80 bits per heavy atom. The van der Waals surface area contributed by atoms with Gasteiger partial charge < -0.3 is 10.8 Å². The first-order chi connectivity index (χ1) is 4.72. The van der Waals surface area contributed by atoms with E-state index in [0.29, 0.717) is 5.69 Å². The second-order valence-electron chi connectivity index (χ2n) is 2.13. The Morgan fingerprint density at radius 3 is 2.90 bits per heavy atom. The molecule has 0 bridgehead atoms. The summed E-state index contributed by atoms with van der Waals surface area (Å²) in [6.07, 6.45) is -0.682. The molecule has 0 radical (unpaired) electrons. The van der Waals surface area contributed by atoms with Gasteiger partial charge in [0.25, 0.3) is 0 Å². The number of nitrogens with zero attached hydrogens (tertiary/aromatic N) is 2. The fourth-order valence-corrected chi connectivity index (χ4v) is 1.05. The maximum absolute atomic E-state index is 9.27. The number of aromatic nitrogens is 2. The van der Waals surface area contributed by atoms with Gasteiger partial charge in [0.15, 0.2) is 0 Å². The van der Waals surface area contributed by atoms with Crippen LogP contribution in [-0.2, 0) is 0 Å². The monoisotopic (exact) mass is 159 g/mol. The molecule has 1 aromatic heterocycles. The first-order valence-electron chi connectivity index (χ1n) is 2.92. The van der Waals surface area contributed by atoms with E-state index in [1.807, 2.05) is 0 Å². The summed E-state index contributed by atoms with van der Waals surface area (Å²) in [5.41, 5.74) is 5.97. The molecule has 56 valence electrons. The van der Waals surface area contributed by atoms with Gasteiger partial charge in [-0.05, 0) is 18.5 Å². The van der Waals surface area contributed by atoms with E-state index in [1.165, 1.54) is 11.5 Å². The van der Waals surface area contributed by atoms with E-state index in [0.717, 1.165) is 0 Å². The molecule has 0 aliphatic carbocycles. The van der Waals surface area contributed by atoms with Crippen molar-refractivity contribution in [2.24, 2.45) is 5.73 Å². The first-order valence-corrected chi connectivity index (χ1v) is 3.76. The summed E-state index contributed by atoms with van der Waals surface area (Å²) in [5, 5.41) is 14.6. The first kappa shape index (κ1) is 7.59. The highest BCUT2D eigenvalue weighted by Crippen LogP contribution is 2.12. The van der Waals surface area contributed by atoms with Crippen LogP contribution in [0.3, 0.4) is 0 Å². The molecule has 0 spiro atoms. The summed E-state index contributed by atoms with van der Waals surface area (Å²) in [7, 11) is 0. The summed E-state index contributed by atoms with van der Waals surface area (Å²) in [6, 6.07) is -0.288. The van der Waals surface area contributed by atoms with Crippen molar-refractivity contribution < 1.29 is 5.11 Å². The highest BCUT2D eigenvalue weighted by Gasteiger charge is 2.14. The van der Waals surface area contributed by atoms with Gasteiger partial charge in [0, 0.05) is 11.4 Å². The van der Waals surface area contributed by atoms with E-state index in [4.69, 9.17) is 5.73 Å². The minimum atomic E-state index is -0.682.